The number of carbonyl (C=O) groups excluding carboxylic acids is 2. The molecule has 0 unspecified atom stereocenters. The molecule has 0 spiro atoms. The Bertz CT molecular complexity index is 817. The Hall–Kier alpha value is -2.27. The SMILES string of the molecule is CC(C)Cc1ccc([C@H](C)NC(=O)C[C@H]2Sc3ccccc3NC2=O)cc1. The molecule has 0 aromatic heterocycles. The molecule has 2 aromatic rings. The third-order valence-corrected chi connectivity index (χ3v) is 5.85. The van der Waals surface area contributed by atoms with Gasteiger partial charge in [0.05, 0.1) is 17.0 Å². The van der Waals surface area contributed by atoms with Crippen LogP contribution >= 0.6 is 11.8 Å². The summed E-state index contributed by atoms with van der Waals surface area (Å²) in [5.74, 6) is 0.401. The highest BCUT2D eigenvalue weighted by Crippen LogP contribution is 2.36. The molecule has 0 fully saturated rings. The Labute approximate surface area is 165 Å². The Morgan fingerprint density at radius 1 is 1.11 bits per heavy atom. The highest BCUT2D eigenvalue weighted by molar-refractivity contribution is 8.01. The minimum Gasteiger partial charge on any atom is -0.350 e. The van der Waals surface area contributed by atoms with E-state index in [0.29, 0.717) is 5.92 Å². The Balaban J connectivity index is 1.56. The molecule has 2 N–H and O–H groups in total. The van der Waals surface area contributed by atoms with Crippen molar-refractivity contribution in [1.82, 2.24) is 5.32 Å². The van der Waals surface area contributed by atoms with Crippen LogP contribution in [-0.2, 0) is 16.0 Å². The van der Waals surface area contributed by atoms with E-state index in [4.69, 9.17) is 0 Å². The number of thioether (sulfide) groups is 1. The normalized spacial score (nSPS) is 17.2. The molecule has 1 aliphatic heterocycles. The highest BCUT2D eigenvalue weighted by Gasteiger charge is 2.29. The standard InChI is InChI=1S/C22H26N2O2S/c1-14(2)12-16-8-10-17(11-9-16)15(3)23-21(25)13-20-22(26)24-18-6-4-5-7-19(18)27-20/h4-11,14-15,20H,12-13H2,1-3H3,(H,23,25)(H,24,26)/t15-,20+/m0/s1. The first-order valence-corrected chi connectivity index (χ1v) is 10.2. The molecule has 0 saturated carbocycles. The number of nitrogens with one attached hydrogen (secondary N) is 2. The highest BCUT2D eigenvalue weighted by atomic mass is 32.2. The van der Waals surface area contributed by atoms with Gasteiger partial charge in [0.15, 0.2) is 0 Å². The quantitative estimate of drug-likeness (QED) is 0.770. The van der Waals surface area contributed by atoms with Gasteiger partial charge in [0.1, 0.15) is 0 Å². The molecule has 1 heterocycles. The van der Waals surface area contributed by atoms with E-state index in [1.807, 2.05) is 31.2 Å². The fraction of sp³-hybridized carbons (Fsp3) is 0.364. The van der Waals surface area contributed by atoms with Crippen LogP contribution in [0, 0.1) is 5.92 Å². The van der Waals surface area contributed by atoms with Crippen LogP contribution in [0.1, 0.15) is 44.4 Å². The van der Waals surface area contributed by atoms with Gasteiger partial charge in [-0.3, -0.25) is 9.59 Å². The lowest BCUT2D eigenvalue weighted by Gasteiger charge is -2.24. The number of benzene rings is 2. The fourth-order valence-electron chi connectivity index (χ4n) is 3.19. The molecule has 2 aromatic carbocycles. The number of hydrogen-bond acceptors (Lipinski definition) is 3. The van der Waals surface area contributed by atoms with E-state index in [1.165, 1.54) is 17.3 Å². The molecule has 142 valence electrons. The van der Waals surface area contributed by atoms with Crippen LogP contribution in [0.25, 0.3) is 0 Å². The van der Waals surface area contributed by atoms with Crippen molar-refractivity contribution in [2.45, 2.75) is 49.8 Å². The zero-order valence-corrected chi connectivity index (χ0v) is 16.8. The Kier molecular flexibility index (Phi) is 6.22. The zero-order chi connectivity index (χ0) is 19.4. The van der Waals surface area contributed by atoms with Crippen LogP contribution in [0.3, 0.4) is 0 Å². The minimum absolute atomic E-state index is 0.0884. The summed E-state index contributed by atoms with van der Waals surface area (Å²) in [4.78, 5) is 25.7. The lowest BCUT2D eigenvalue weighted by atomic mass is 10.00. The summed E-state index contributed by atoms with van der Waals surface area (Å²) in [7, 11) is 0. The van der Waals surface area contributed by atoms with Crippen LogP contribution in [0.5, 0.6) is 0 Å². The molecule has 0 bridgehead atoms. The largest absolute Gasteiger partial charge is 0.350 e. The summed E-state index contributed by atoms with van der Waals surface area (Å²) in [6.07, 6.45) is 1.22. The zero-order valence-electron chi connectivity index (χ0n) is 16.0. The van der Waals surface area contributed by atoms with Crippen LogP contribution in [0.15, 0.2) is 53.4 Å². The Morgan fingerprint density at radius 3 is 2.52 bits per heavy atom. The summed E-state index contributed by atoms with van der Waals surface area (Å²) in [6, 6.07) is 16.0. The van der Waals surface area contributed by atoms with Crippen molar-refractivity contribution < 1.29 is 9.59 Å². The molecule has 2 atom stereocenters. The molecule has 1 aliphatic rings. The second-order valence-electron chi connectivity index (χ2n) is 7.42. The van der Waals surface area contributed by atoms with Gasteiger partial charge >= 0.3 is 0 Å². The maximum atomic E-state index is 12.5. The third-order valence-electron chi connectivity index (χ3n) is 4.58. The smallest absolute Gasteiger partial charge is 0.238 e. The molecular weight excluding hydrogens is 356 g/mol. The van der Waals surface area contributed by atoms with E-state index < -0.39 is 5.25 Å². The van der Waals surface area contributed by atoms with Crippen molar-refractivity contribution >= 4 is 29.3 Å². The monoisotopic (exact) mass is 382 g/mol. The molecule has 3 rings (SSSR count). The topological polar surface area (TPSA) is 58.2 Å². The van der Waals surface area contributed by atoms with Gasteiger partial charge in [-0.25, -0.2) is 0 Å². The first-order chi connectivity index (χ1) is 12.9. The molecule has 0 radical (unpaired) electrons. The van der Waals surface area contributed by atoms with Gasteiger partial charge in [-0.15, -0.1) is 11.8 Å². The van der Waals surface area contributed by atoms with Gasteiger partial charge < -0.3 is 10.6 Å². The van der Waals surface area contributed by atoms with Crippen molar-refractivity contribution in [2.75, 3.05) is 5.32 Å². The number of anilines is 1. The van der Waals surface area contributed by atoms with Crippen molar-refractivity contribution in [1.29, 1.82) is 0 Å². The van der Waals surface area contributed by atoms with Gasteiger partial charge in [0.2, 0.25) is 11.8 Å². The van der Waals surface area contributed by atoms with E-state index in [-0.39, 0.29) is 24.3 Å². The molecular formula is C22H26N2O2S. The van der Waals surface area contributed by atoms with Crippen molar-refractivity contribution in [2.24, 2.45) is 5.92 Å². The number of hydrogen-bond donors (Lipinski definition) is 2. The third kappa shape index (κ3) is 5.13. The van der Waals surface area contributed by atoms with Gasteiger partial charge in [-0.05, 0) is 42.5 Å². The van der Waals surface area contributed by atoms with Crippen LogP contribution < -0.4 is 10.6 Å². The molecule has 0 saturated heterocycles. The molecule has 5 heteroatoms. The predicted octanol–water partition coefficient (Wildman–Crippen LogP) is 4.57. The van der Waals surface area contributed by atoms with Crippen molar-refractivity contribution in [3.05, 3.63) is 59.7 Å². The molecule has 4 nitrogen and oxygen atoms in total. The van der Waals surface area contributed by atoms with E-state index in [1.54, 1.807) is 0 Å². The van der Waals surface area contributed by atoms with Crippen LogP contribution in [-0.4, -0.2) is 17.1 Å². The van der Waals surface area contributed by atoms with Gasteiger partial charge in [0, 0.05) is 11.3 Å². The van der Waals surface area contributed by atoms with E-state index in [9.17, 15) is 9.59 Å². The minimum atomic E-state index is -0.402. The summed E-state index contributed by atoms with van der Waals surface area (Å²) >= 11 is 1.45. The van der Waals surface area contributed by atoms with E-state index >= 15 is 0 Å². The first-order valence-electron chi connectivity index (χ1n) is 9.37. The van der Waals surface area contributed by atoms with Gasteiger partial charge in [0.25, 0.3) is 0 Å². The predicted molar refractivity (Wildman–Crippen MR) is 111 cm³/mol. The fourth-order valence-corrected chi connectivity index (χ4v) is 4.30. The molecule has 27 heavy (non-hydrogen) atoms. The lowest BCUT2D eigenvalue weighted by molar-refractivity contribution is -0.124. The first kappa shape index (κ1) is 19.5. The summed E-state index contributed by atoms with van der Waals surface area (Å²) in [5, 5.41) is 5.50. The summed E-state index contributed by atoms with van der Waals surface area (Å²) in [5.41, 5.74) is 3.20. The van der Waals surface area contributed by atoms with Crippen molar-refractivity contribution in [3.8, 4) is 0 Å². The van der Waals surface area contributed by atoms with Crippen LogP contribution in [0.4, 0.5) is 5.69 Å². The molecule has 2 amide bonds. The second kappa shape index (κ2) is 8.61. The number of carbonyl (C=O) groups is 2. The second-order valence-corrected chi connectivity index (χ2v) is 8.67. The number of para-hydroxylation sites is 1. The maximum absolute atomic E-state index is 12.5. The lowest BCUT2D eigenvalue weighted by Crippen LogP contribution is -2.35. The Morgan fingerprint density at radius 2 is 1.81 bits per heavy atom. The summed E-state index contributed by atoms with van der Waals surface area (Å²) in [6.45, 7) is 6.38. The van der Waals surface area contributed by atoms with Gasteiger partial charge in [-0.2, -0.15) is 0 Å². The van der Waals surface area contributed by atoms with E-state index in [0.717, 1.165) is 22.6 Å². The average molecular weight is 383 g/mol. The van der Waals surface area contributed by atoms with Crippen molar-refractivity contribution in [3.63, 3.8) is 0 Å². The number of fused-ring (bicyclic) bond motifs is 1. The number of amides is 2. The van der Waals surface area contributed by atoms with E-state index in [2.05, 4.69) is 48.7 Å². The van der Waals surface area contributed by atoms with Gasteiger partial charge in [-0.1, -0.05) is 50.2 Å². The average Bonchev–Trinajstić information content (AvgIpc) is 2.62. The van der Waals surface area contributed by atoms with Crippen LogP contribution in [0.2, 0.25) is 0 Å². The molecule has 0 aliphatic carbocycles. The maximum Gasteiger partial charge on any atom is 0.238 e. The summed E-state index contributed by atoms with van der Waals surface area (Å²) < 4.78 is 0. The number of rotatable bonds is 6.